The van der Waals surface area contributed by atoms with Crippen molar-refractivity contribution >= 4 is 11.8 Å². The Bertz CT molecular complexity index is 702. The lowest BCUT2D eigenvalue weighted by Gasteiger charge is -2.38. The zero-order valence-electron chi connectivity index (χ0n) is 15.7. The Morgan fingerprint density at radius 2 is 2.00 bits per heavy atom. The minimum atomic E-state index is 0.462. The molecule has 6 nitrogen and oxygen atoms in total. The van der Waals surface area contributed by atoms with E-state index < -0.39 is 0 Å². The van der Waals surface area contributed by atoms with Crippen molar-refractivity contribution in [2.45, 2.75) is 32.4 Å². The molecule has 1 fully saturated rings. The first kappa shape index (κ1) is 17.6. The van der Waals surface area contributed by atoms with Crippen LogP contribution in [0, 0.1) is 6.92 Å². The number of aryl methyl sites for hydroxylation is 1. The van der Waals surface area contributed by atoms with Crippen molar-refractivity contribution in [1.29, 1.82) is 0 Å². The minimum Gasteiger partial charge on any atom is -0.355 e. The van der Waals surface area contributed by atoms with E-state index in [0.717, 1.165) is 42.8 Å². The molecule has 0 aliphatic carbocycles. The molecule has 3 rings (SSSR count). The SMILES string of the molecule is Cc1cccc(CN2CCCC(N(C)c3ccnc(N(C)C)n3)C2)n1. The molecule has 0 bridgehead atoms. The quantitative estimate of drug-likeness (QED) is 0.833. The van der Waals surface area contributed by atoms with Crippen LogP contribution in [0.15, 0.2) is 30.5 Å². The van der Waals surface area contributed by atoms with Crippen LogP contribution in [0.5, 0.6) is 0 Å². The molecule has 0 spiro atoms. The predicted octanol–water partition coefficient (Wildman–Crippen LogP) is 2.35. The highest BCUT2D eigenvalue weighted by Crippen LogP contribution is 2.22. The third kappa shape index (κ3) is 4.45. The summed E-state index contributed by atoms with van der Waals surface area (Å²) in [5, 5.41) is 0. The number of hydrogen-bond donors (Lipinski definition) is 0. The maximum atomic E-state index is 4.68. The smallest absolute Gasteiger partial charge is 0.226 e. The van der Waals surface area contributed by atoms with Crippen molar-refractivity contribution in [2.24, 2.45) is 0 Å². The van der Waals surface area contributed by atoms with Crippen molar-refractivity contribution in [3.63, 3.8) is 0 Å². The maximum Gasteiger partial charge on any atom is 0.226 e. The van der Waals surface area contributed by atoms with Gasteiger partial charge in [0.25, 0.3) is 0 Å². The van der Waals surface area contributed by atoms with Crippen molar-refractivity contribution in [3.05, 3.63) is 41.9 Å². The molecule has 6 heteroatoms. The fourth-order valence-corrected chi connectivity index (χ4v) is 3.35. The molecule has 3 heterocycles. The molecule has 0 amide bonds. The molecule has 25 heavy (non-hydrogen) atoms. The third-order valence-electron chi connectivity index (χ3n) is 4.75. The average Bonchev–Trinajstić information content (AvgIpc) is 2.61. The van der Waals surface area contributed by atoms with Crippen LogP contribution in [0.1, 0.15) is 24.2 Å². The van der Waals surface area contributed by atoms with E-state index in [4.69, 9.17) is 0 Å². The van der Waals surface area contributed by atoms with Gasteiger partial charge in [-0.15, -0.1) is 0 Å². The molecule has 2 aromatic rings. The Labute approximate surface area is 150 Å². The van der Waals surface area contributed by atoms with Gasteiger partial charge in [0.2, 0.25) is 5.95 Å². The van der Waals surface area contributed by atoms with Crippen LogP contribution in [-0.4, -0.2) is 60.1 Å². The zero-order valence-corrected chi connectivity index (χ0v) is 15.7. The van der Waals surface area contributed by atoms with Gasteiger partial charge in [0.15, 0.2) is 0 Å². The number of pyridine rings is 1. The van der Waals surface area contributed by atoms with Gasteiger partial charge in [-0.2, -0.15) is 4.98 Å². The Morgan fingerprint density at radius 1 is 1.16 bits per heavy atom. The summed E-state index contributed by atoms with van der Waals surface area (Å²) >= 11 is 0. The van der Waals surface area contributed by atoms with E-state index in [1.54, 1.807) is 0 Å². The number of likely N-dealkylation sites (N-methyl/N-ethyl adjacent to an activating group) is 1. The van der Waals surface area contributed by atoms with Crippen LogP contribution in [0.2, 0.25) is 0 Å². The van der Waals surface area contributed by atoms with Crippen LogP contribution in [0.3, 0.4) is 0 Å². The lowest BCUT2D eigenvalue weighted by Crippen LogP contribution is -2.46. The molecule has 1 aliphatic heterocycles. The van der Waals surface area contributed by atoms with Crippen LogP contribution < -0.4 is 9.80 Å². The van der Waals surface area contributed by atoms with Crippen LogP contribution >= 0.6 is 0 Å². The Hall–Kier alpha value is -2.21. The van der Waals surface area contributed by atoms with Gasteiger partial charge in [-0.1, -0.05) is 6.07 Å². The lowest BCUT2D eigenvalue weighted by atomic mass is 10.0. The highest BCUT2D eigenvalue weighted by Gasteiger charge is 2.24. The number of hydrogen-bond acceptors (Lipinski definition) is 6. The normalized spacial score (nSPS) is 18.2. The summed E-state index contributed by atoms with van der Waals surface area (Å²) in [4.78, 5) is 20.4. The first-order chi connectivity index (χ1) is 12.0. The highest BCUT2D eigenvalue weighted by atomic mass is 15.3. The first-order valence-corrected chi connectivity index (χ1v) is 8.91. The van der Waals surface area contributed by atoms with Crippen LogP contribution in [0.4, 0.5) is 11.8 Å². The van der Waals surface area contributed by atoms with E-state index in [0.29, 0.717) is 6.04 Å². The van der Waals surface area contributed by atoms with Gasteiger partial charge < -0.3 is 9.80 Å². The molecule has 0 aromatic carbocycles. The fraction of sp³-hybridized carbons (Fsp3) is 0.526. The summed E-state index contributed by atoms with van der Waals surface area (Å²) in [5.41, 5.74) is 2.24. The molecule has 2 aromatic heterocycles. The minimum absolute atomic E-state index is 0.462. The molecule has 0 N–H and O–H groups in total. The molecule has 134 valence electrons. The molecule has 1 saturated heterocycles. The summed E-state index contributed by atoms with van der Waals surface area (Å²) in [6.07, 6.45) is 4.23. The van der Waals surface area contributed by atoms with Crippen molar-refractivity contribution < 1.29 is 0 Å². The summed E-state index contributed by atoms with van der Waals surface area (Å²) in [7, 11) is 6.08. The number of aromatic nitrogens is 3. The summed E-state index contributed by atoms with van der Waals surface area (Å²) in [6, 6.07) is 8.72. The molecule has 1 atom stereocenters. The Morgan fingerprint density at radius 3 is 2.76 bits per heavy atom. The van der Waals surface area contributed by atoms with Gasteiger partial charge >= 0.3 is 0 Å². The Balaban J connectivity index is 1.67. The van der Waals surface area contributed by atoms with Gasteiger partial charge in [0.05, 0.1) is 5.69 Å². The van der Waals surface area contributed by atoms with E-state index in [-0.39, 0.29) is 0 Å². The molecule has 0 saturated carbocycles. The molecule has 0 radical (unpaired) electrons. The standard InChI is InChI=1S/C19H28N6/c1-15-7-5-8-16(21-15)13-25-12-6-9-17(14-25)24(4)18-10-11-20-19(22-18)23(2)3/h5,7-8,10-11,17H,6,9,12-14H2,1-4H3. The highest BCUT2D eigenvalue weighted by molar-refractivity contribution is 5.43. The second-order valence-corrected chi connectivity index (χ2v) is 7.02. The zero-order chi connectivity index (χ0) is 17.8. The number of likely N-dealkylation sites (tertiary alicyclic amines) is 1. The van der Waals surface area contributed by atoms with Crippen LogP contribution in [0.25, 0.3) is 0 Å². The number of nitrogens with zero attached hydrogens (tertiary/aromatic N) is 6. The second-order valence-electron chi connectivity index (χ2n) is 7.02. The van der Waals surface area contributed by atoms with E-state index in [1.165, 1.54) is 12.8 Å². The van der Waals surface area contributed by atoms with E-state index in [9.17, 15) is 0 Å². The van der Waals surface area contributed by atoms with E-state index in [1.807, 2.05) is 44.2 Å². The fourth-order valence-electron chi connectivity index (χ4n) is 3.35. The summed E-state index contributed by atoms with van der Waals surface area (Å²) in [6.45, 7) is 5.13. The lowest BCUT2D eigenvalue weighted by molar-refractivity contribution is 0.196. The monoisotopic (exact) mass is 340 g/mol. The number of rotatable bonds is 5. The number of piperidine rings is 1. The predicted molar refractivity (Wildman–Crippen MR) is 102 cm³/mol. The molecule has 1 aliphatic rings. The van der Waals surface area contributed by atoms with E-state index in [2.05, 4.69) is 43.9 Å². The van der Waals surface area contributed by atoms with Gasteiger partial charge in [-0.3, -0.25) is 9.88 Å². The molecule has 1 unspecified atom stereocenters. The third-order valence-corrected chi connectivity index (χ3v) is 4.75. The van der Waals surface area contributed by atoms with E-state index >= 15 is 0 Å². The second kappa shape index (κ2) is 7.78. The average molecular weight is 340 g/mol. The topological polar surface area (TPSA) is 48.4 Å². The van der Waals surface area contributed by atoms with Crippen molar-refractivity contribution in [1.82, 2.24) is 19.9 Å². The van der Waals surface area contributed by atoms with Crippen LogP contribution in [-0.2, 0) is 6.54 Å². The Kier molecular flexibility index (Phi) is 5.48. The van der Waals surface area contributed by atoms with Gasteiger partial charge in [-0.05, 0) is 44.5 Å². The largest absolute Gasteiger partial charge is 0.355 e. The van der Waals surface area contributed by atoms with Gasteiger partial charge in [0, 0.05) is 52.2 Å². The summed E-state index contributed by atoms with van der Waals surface area (Å²) in [5.74, 6) is 1.74. The van der Waals surface area contributed by atoms with Crippen molar-refractivity contribution in [2.75, 3.05) is 44.0 Å². The van der Waals surface area contributed by atoms with Gasteiger partial charge in [-0.25, -0.2) is 4.98 Å². The first-order valence-electron chi connectivity index (χ1n) is 8.91. The molecular weight excluding hydrogens is 312 g/mol. The van der Waals surface area contributed by atoms with Gasteiger partial charge in [0.1, 0.15) is 5.82 Å². The van der Waals surface area contributed by atoms with Crippen molar-refractivity contribution in [3.8, 4) is 0 Å². The summed E-state index contributed by atoms with van der Waals surface area (Å²) < 4.78 is 0. The molecular formula is C19H28N6. The maximum absolute atomic E-state index is 4.68. The number of anilines is 2.